The fourth-order valence-corrected chi connectivity index (χ4v) is 2.64. The Hall–Kier alpha value is -2.13. The fourth-order valence-electron chi connectivity index (χ4n) is 2.64. The maximum absolute atomic E-state index is 12.4. The van der Waals surface area contributed by atoms with Crippen LogP contribution in [0.15, 0.2) is 46.9 Å². The number of carbonyl (C=O) groups excluding carboxylic acids is 1. The summed E-state index contributed by atoms with van der Waals surface area (Å²) in [6.07, 6.45) is 0. The first-order valence-corrected chi connectivity index (χ1v) is 7.39. The van der Waals surface area contributed by atoms with Crippen molar-refractivity contribution in [1.29, 1.82) is 0 Å². The second kappa shape index (κ2) is 5.70. The minimum Gasteiger partial charge on any atom is -0.456 e. The van der Waals surface area contributed by atoms with Crippen LogP contribution < -0.4 is 0 Å². The highest BCUT2D eigenvalue weighted by molar-refractivity contribution is 6.08. The molecule has 0 fully saturated rings. The molecule has 2 aromatic carbocycles. The predicted molar refractivity (Wildman–Crippen MR) is 85.8 cm³/mol. The molecule has 1 heterocycles. The summed E-state index contributed by atoms with van der Waals surface area (Å²) in [7, 11) is 0. The van der Waals surface area contributed by atoms with Crippen LogP contribution >= 0.6 is 0 Å². The van der Waals surface area contributed by atoms with E-state index in [9.17, 15) is 4.79 Å². The van der Waals surface area contributed by atoms with E-state index < -0.39 is 0 Å². The molecule has 0 unspecified atom stereocenters. The van der Waals surface area contributed by atoms with Crippen LogP contribution in [0.5, 0.6) is 0 Å². The summed E-state index contributed by atoms with van der Waals surface area (Å²) in [6.45, 7) is 6.39. The quantitative estimate of drug-likeness (QED) is 0.660. The van der Waals surface area contributed by atoms with Crippen molar-refractivity contribution < 1.29 is 9.21 Å². The monoisotopic (exact) mass is 281 g/mol. The summed E-state index contributed by atoms with van der Waals surface area (Å²) in [5.41, 5.74) is 2.44. The highest BCUT2D eigenvalue weighted by atomic mass is 16.3. The summed E-state index contributed by atoms with van der Waals surface area (Å²) < 4.78 is 5.79. The molecule has 0 spiro atoms. The van der Waals surface area contributed by atoms with Crippen molar-refractivity contribution >= 4 is 27.7 Å². The Balaban J connectivity index is 2.00. The second-order valence-electron chi connectivity index (χ2n) is 5.19. The Morgan fingerprint density at radius 1 is 1.00 bits per heavy atom. The van der Waals surface area contributed by atoms with Gasteiger partial charge in [-0.25, -0.2) is 0 Å². The number of hydrogen-bond acceptors (Lipinski definition) is 3. The number of furan rings is 1. The van der Waals surface area contributed by atoms with E-state index >= 15 is 0 Å². The number of fused-ring (bicyclic) bond motifs is 3. The first-order chi connectivity index (χ1) is 10.2. The molecule has 0 aliphatic carbocycles. The summed E-state index contributed by atoms with van der Waals surface area (Å²) in [4.78, 5) is 14.5. The number of hydrogen-bond donors (Lipinski definition) is 0. The minimum absolute atomic E-state index is 0.158. The van der Waals surface area contributed by atoms with Crippen LogP contribution in [0.1, 0.15) is 24.2 Å². The van der Waals surface area contributed by atoms with Crippen LogP contribution in [0.3, 0.4) is 0 Å². The van der Waals surface area contributed by atoms with Crippen LogP contribution in [0, 0.1) is 0 Å². The van der Waals surface area contributed by atoms with Crippen molar-refractivity contribution in [1.82, 2.24) is 4.90 Å². The standard InChI is InChI=1S/C18H19NO2/c1-3-19(4-2)12-16(20)13-9-10-18-15(11-13)14-7-5-6-8-17(14)21-18/h5-11H,3-4,12H2,1-2H3. The van der Waals surface area contributed by atoms with Gasteiger partial charge in [-0.05, 0) is 37.4 Å². The number of carbonyl (C=O) groups is 1. The van der Waals surface area contributed by atoms with Gasteiger partial charge in [0.2, 0.25) is 0 Å². The number of rotatable bonds is 5. The molecule has 3 aromatic rings. The van der Waals surface area contributed by atoms with E-state index in [2.05, 4.69) is 18.7 Å². The fraction of sp³-hybridized carbons (Fsp3) is 0.278. The molecule has 0 bridgehead atoms. The summed E-state index contributed by atoms with van der Waals surface area (Å²) in [5, 5.41) is 2.07. The number of ketones is 1. The van der Waals surface area contributed by atoms with Gasteiger partial charge in [-0.1, -0.05) is 32.0 Å². The molecule has 0 amide bonds. The van der Waals surface area contributed by atoms with Crippen LogP contribution in [0.2, 0.25) is 0 Å². The van der Waals surface area contributed by atoms with Crippen LogP contribution in [0.25, 0.3) is 21.9 Å². The number of para-hydroxylation sites is 1. The van der Waals surface area contributed by atoms with Gasteiger partial charge in [0.15, 0.2) is 5.78 Å². The molecule has 0 N–H and O–H groups in total. The molecule has 0 aliphatic rings. The van der Waals surface area contributed by atoms with E-state index in [-0.39, 0.29) is 5.78 Å². The summed E-state index contributed by atoms with van der Waals surface area (Å²) in [5.74, 6) is 0.158. The first-order valence-electron chi connectivity index (χ1n) is 7.39. The van der Waals surface area contributed by atoms with Gasteiger partial charge in [-0.2, -0.15) is 0 Å². The van der Waals surface area contributed by atoms with E-state index in [0.717, 1.165) is 40.6 Å². The molecule has 21 heavy (non-hydrogen) atoms. The zero-order valence-corrected chi connectivity index (χ0v) is 12.4. The molecule has 0 atom stereocenters. The van der Waals surface area contributed by atoms with E-state index in [1.54, 1.807) is 0 Å². The zero-order valence-electron chi connectivity index (χ0n) is 12.4. The van der Waals surface area contributed by atoms with Gasteiger partial charge < -0.3 is 4.42 Å². The molecular weight excluding hydrogens is 262 g/mol. The van der Waals surface area contributed by atoms with Crippen molar-refractivity contribution in [2.24, 2.45) is 0 Å². The third-order valence-corrected chi connectivity index (χ3v) is 3.96. The lowest BCUT2D eigenvalue weighted by atomic mass is 10.1. The molecular formula is C18H19NO2. The van der Waals surface area contributed by atoms with Gasteiger partial charge in [0.1, 0.15) is 11.2 Å². The maximum Gasteiger partial charge on any atom is 0.176 e. The molecule has 3 rings (SSSR count). The number of likely N-dealkylation sites (N-methyl/N-ethyl adjacent to an activating group) is 1. The number of Topliss-reactive ketones (excluding diaryl/α,β-unsaturated/α-hetero) is 1. The Kier molecular flexibility index (Phi) is 3.76. The highest BCUT2D eigenvalue weighted by Crippen LogP contribution is 2.29. The number of benzene rings is 2. The molecule has 0 saturated heterocycles. The Bertz CT molecular complexity index is 784. The van der Waals surface area contributed by atoms with Crippen molar-refractivity contribution in [2.75, 3.05) is 19.6 Å². The Labute approximate surface area is 124 Å². The number of nitrogens with zero attached hydrogens (tertiary/aromatic N) is 1. The lowest BCUT2D eigenvalue weighted by molar-refractivity contribution is 0.0937. The zero-order chi connectivity index (χ0) is 14.8. The smallest absolute Gasteiger partial charge is 0.176 e. The summed E-state index contributed by atoms with van der Waals surface area (Å²) >= 11 is 0. The maximum atomic E-state index is 12.4. The van der Waals surface area contributed by atoms with Crippen LogP contribution in [0.4, 0.5) is 0 Å². The van der Waals surface area contributed by atoms with E-state index in [1.807, 2.05) is 42.5 Å². The molecule has 108 valence electrons. The molecule has 3 nitrogen and oxygen atoms in total. The van der Waals surface area contributed by atoms with Gasteiger partial charge in [-0.15, -0.1) is 0 Å². The average molecular weight is 281 g/mol. The van der Waals surface area contributed by atoms with Gasteiger partial charge in [0, 0.05) is 16.3 Å². The normalized spacial score (nSPS) is 11.6. The van der Waals surface area contributed by atoms with Crippen molar-refractivity contribution in [2.45, 2.75) is 13.8 Å². The summed E-state index contributed by atoms with van der Waals surface area (Å²) in [6, 6.07) is 13.6. The third-order valence-electron chi connectivity index (χ3n) is 3.96. The third kappa shape index (κ3) is 2.57. The van der Waals surface area contributed by atoms with E-state index in [1.165, 1.54) is 0 Å². The molecule has 1 aromatic heterocycles. The lowest BCUT2D eigenvalue weighted by Gasteiger charge is -2.16. The van der Waals surface area contributed by atoms with E-state index in [4.69, 9.17) is 4.42 Å². The molecule has 0 radical (unpaired) electrons. The van der Waals surface area contributed by atoms with Gasteiger partial charge in [0.05, 0.1) is 6.54 Å². The van der Waals surface area contributed by atoms with Gasteiger partial charge in [0.25, 0.3) is 0 Å². The topological polar surface area (TPSA) is 33.5 Å². The predicted octanol–water partition coefficient (Wildman–Crippen LogP) is 4.11. The first kappa shape index (κ1) is 13.8. The second-order valence-corrected chi connectivity index (χ2v) is 5.19. The molecule has 3 heteroatoms. The van der Waals surface area contributed by atoms with Crippen molar-refractivity contribution in [3.05, 3.63) is 48.0 Å². The van der Waals surface area contributed by atoms with Crippen LogP contribution in [-0.2, 0) is 0 Å². The molecule has 0 saturated carbocycles. The SMILES string of the molecule is CCN(CC)CC(=O)c1ccc2oc3ccccc3c2c1. The van der Waals surface area contributed by atoms with Crippen LogP contribution in [-0.4, -0.2) is 30.3 Å². The average Bonchev–Trinajstić information content (AvgIpc) is 2.90. The van der Waals surface area contributed by atoms with E-state index in [0.29, 0.717) is 6.54 Å². The highest BCUT2D eigenvalue weighted by Gasteiger charge is 2.13. The van der Waals surface area contributed by atoms with Crippen molar-refractivity contribution in [3.8, 4) is 0 Å². The Morgan fingerprint density at radius 3 is 2.48 bits per heavy atom. The van der Waals surface area contributed by atoms with Gasteiger partial charge in [-0.3, -0.25) is 9.69 Å². The van der Waals surface area contributed by atoms with Crippen molar-refractivity contribution in [3.63, 3.8) is 0 Å². The van der Waals surface area contributed by atoms with Gasteiger partial charge >= 0.3 is 0 Å². The minimum atomic E-state index is 0.158. The lowest BCUT2D eigenvalue weighted by Crippen LogP contribution is -2.29. The largest absolute Gasteiger partial charge is 0.456 e. The Morgan fingerprint density at radius 2 is 1.71 bits per heavy atom. The molecule has 0 aliphatic heterocycles.